The summed E-state index contributed by atoms with van der Waals surface area (Å²) >= 11 is 0. The Labute approximate surface area is 129 Å². The highest BCUT2D eigenvalue weighted by molar-refractivity contribution is 5.94. The molecule has 3 rings (SSSR count). The molecule has 2 heterocycles. The molecule has 1 aromatic heterocycles. The van der Waals surface area contributed by atoms with Gasteiger partial charge in [0.05, 0.1) is 5.69 Å². The van der Waals surface area contributed by atoms with Gasteiger partial charge < -0.3 is 10.6 Å². The van der Waals surface area contributed by atoms with E-state index in [1.54, 1.807) is 17.1 Å². The lowest BCUT2D eigenvalue weighted by molar-refractivity contribution is 0.0947. The van der Waals surface area contributed by atoms with Gasteiger partial charge in [0.25, 0.3) is 5.91 Å². The van der Waals surface area contributed by atoms with Crippen molar-refractivity contribution in [3.63, 3.8) is 0 Å². The predicted octanol–water partition coefficient (Wildman–Crippen LogP) is -0.0977. The largest absolute Gasteiger partial charge is 0.351 e. The van der Waals surface area contributed by atoms with Gasteiger partial charge >= 0.3 is 0 Å². The third-order valence-electron chi connectivity index (χ3n) is 3.71. The summed E-state index contributed by atoms with van der Waals surface area (Å²) < 4.78 is 1.64. The first kappa shape index (κ1) is 14.7. The number of nitrogens with one attached hydrogen (secondary N) is 2. The van der Waals surface area contributed by atoms with Gasteiger partial charge in [-0.15, -0.1) is 0 Å². The zero-order valence-corrected chi connectivity index (χ0v) is 12.4. The van der Waals surface area contributed by atoms with Gasteiger partial charge in [0, 0.05) is 44.8 Å². The molecule has 2 N–H and O–H groups in total. The third-order valence-corrected chi connectivity index (χ3v) is 3.71. The van der Waals surface area contributed by atoms with Gasteiger partial charge in [0.1, 0.15) is 12.7 Å². The van der Waals surface area contributed by atoms with E-state index in [0.29, 0.717) is 12.1 Å². The van der Waals surface area contributed by atoms with Crippen LogP contribution in [0.25, 0.3) is 5.69 Å². The molecule has 1 aliphatic rings. The third kappa shape index (κ3) is 3.69. The van der Waals surface area contributed by atoms with Crippen LogP contribution in [-0.4, -0.2) is 64.8 Å². The normalized spacial score (nSPS) is 15.6. The van der Waals surface area contributed by atoms with Gasteiger partial charge in [-0.25, -0.2) is 9.67 Å². The number of rotatable bonds is 5. The van der Waals surface area contributed by atoms with E-state index in [1.807, 2.05) is 18.2 Å². The molecular formula is C15H20N6O. The smallest absolute Gasteiger partial charge is 0.251 e. The van der Waals surface area contributed by atoms with Crippen molar-refractivity contribution in [3.05, 3.63) is 42.5 Å². The molecule has 7 nitrogen and oxygen atoms in total. The zero-order valence-electron chi connectivity index (χ0n) is 12.4. The van der Waals surface area contributed by atoms with Crippen molar-refractivity contribution < 1.29 is 4.79 Å². The summed E-state index contributed by atoms with van der Waals surface area (Å²) in [6.45, 7) is 5.67. The highest BCUT2D eigenvalue weighted by Gasteiger charge is 2.10. The fourth-order valence-electron chi connectivity index (χ4n) is 2.50. The summed E-state index contributed by atoms with van der Waals surface area (Å²) in [5.41, 5.74) is 1.46. The molecule has 7 heteroatoms. The van der Waals surface area contributed by atoms with E-state index in [-0.39, 0.29) is 5.91 Å². The number of hydrogen-bond acceptors (Lipinski definition) is 5. The number of carbonyl (C=O) groups is 1. The second-order valence-electron chi connectivity index (χ2n) is 5.24. The molecule has 22 heavy (non-hydrogen) atoms. The monoisotopic (exact) mass is 300 g/mol. The lowest BCUT2D eigenvalue weighted by Gasteiger charge is -2.27. The Balaban J connectivity index is 1.54. The molecule has 0 atom stereocenters. The molecule has 0 unspecified atom stereocenters. The first-order valence-electron chi connectivity index (χ1n) is 7.49. The van der Waals surface area contributed by atoms with Gasteiger partial charge in [0.15, 0.2) is 0 Å². The van der Waals surface area contributed by atoms with Crippen LogP contribution in [0.15, 0.2) is 36.9 Å². The lowest BCUT2D eigenvalue weighted by Crippen LogP contribution is -2.46. The van der Waals surface area contributed by atoms with E-state index in [1.165, 1.54) is 6.33 Å². The molecule has 1 aliphatic heterocycles. The van der Waals surface area contributed by atoms with E-state index in [9.17, 15) is 4.79 Å². The molecule has 1 aromatic carbocycles. The van der Waals surface area contributed by atoms with Crippen LogP contribution in [0.3, 0.4) is 0 Å². The van der Waals surface area contributed by atoms with Crippen molar-refractivity contribution in [2.24, 2.45) is 0 Å². The topological polar surface area (TPSA) is 75.1 Å². The minimum Gasteiger partial charge on any atom is -0.351 e. The minimum atomic E-state index is -0.0582. The zero-order chi connectivity index (χ0) is 15.2. The SMILES string of the molecule is O=C(NCCN1CCNCC1)c1cccc(-n2cncn2)c1. The van der Waals surface area contributed by atoms with Gasteiger partial charge in [-0.05, 0) is 18.2 Å². The number of nitrogens with zero attached hydrogens (tertiary/aromatic N) is 4. The fraction of sp³-hybridized carbons (Fsp3) is 0.400. The number of amides is 1. The van der Waals surface area contributed by atoms with Crippen molar-refractivity contribution >= 4 is 5.91 Å². The first-order valence-corrected chi connectivity index (χ1v) is 7.49. The number of piperazine rings is 1. The fourth-order valence-corrected chi connectivity index (χ4v) is 2.50. The molecule has 0 radical (unpaired) electrons. The van der Waals surface area contributed by atoms with E-state index in [0.717, 1.165) is 38.4 Å². The number of aromatic nitrogens is 3. The van der Waals surface area contributed by atoms with Crippen LogP contribution in [0, 0.1) is 0 Å². The van der Waals surface area contributed by atoms with Crippen LogP contribution in [0.5, 0.6) is 0 Å². The lowest BCUT2D eigenvalue weighted by atomic mass is 10.2. The van der Waals surface area contributed by atoms with Crippen molar-refractivity contribution in [1.82, 2.24) is 30.3 Å². The van der Waals surface area contributed by atoms with Crippen LogP contribution in [0.1, 0.15) is 10.4 Å². The maximum atomic E-state index is 12.2. The van der Waals surface area contributed by atoms with E-state index < -0.39 is 0 Å². The van der Waals surface area contributed by atoms with Crippen molar-refractivity contribution in [3.8, 4) is 5.69 Å². The molecule has 1 saturated heterocycles. The average Bonchev–Trinajstić information content (AvgIpc) is 3.10. The van der Waals surface area contributed by atoms with Gasteiger partial charge in [0.2, 0.25) is 0 Å². The van der Waals surface area contributed by atoms with Crippen LogP contribution >= 0.6 is 0 Å². The minimum absolute atomic E-state index is 0.0582. The van der Waals surface area contributed by atoms with E-state index in [2.05, 4.69) is 25.6 Å². The molecule has 2 aromatic rings. The highest BCUT2D eigenvalue weighted by atomic mass is 16.1. The Morgan fingerprint density at radius 1 is 1.32 bits per heavy atom. The number of hydrogen-bond donors (Lipinski definition) is 2. The molecule has 1 fully saturated rings. The van der Waals surface area contributed by atoms with Gasteiger partial charge in [-0.3, -0.25) is 9.69 Å². The maximum absolute atomic E-state index is 12.2. The van der Waals surface area contributed by atoms with Gasteiger partial charge in [-0.1, -0.05) is 6.07 Å². The van der Waals surface area contributed by atoms with Gasteiger partial charge in [-0.2, -0.15) is 5.10 Å². The quantitative estimate of drug-likeness (QED) is 0.807. The second kappa shape index (κ2) is 7.15. The Bertz CT molecular complexity index is 606. The molecule has 1 amide bonds. The van der Waals surface area contributed by atoms with Crippen molar-refractivity contribution in [2.45, 2.75) is 0 Å². The van der Waals surface area contributed by atoms with E-state index >= 15 is 0 Å². The number of benzene rings is 1. The van der Waals surface area contributed by atoms with Crippen LogP contribution in [-0.2, 0) is 0 Å². The molecule has 0 bridgehead atoms. The standard InChI is InChI=1S/C15H20N6O/c22-15(18-6-9-20-7-4-16-5-8-20)13-2-1-3-14(10-13)21-12-17-11-19-21/h1-3,10-12,16H,4-9H2,(H,18,22). The Morgan fingerprint density at radius 3 is 2.95 bits per heavy atom. The predicted molar refractivity (Wildman–Crippen MR) is 83.0 cm³/mol. The maximum Gasteiger partial charge on any atom is 0.251 e. The average molecular weight is 300 g/mol. The molecule has 116 valence electrons. The van der Waals surface area contributed by atoms with Crippen LogP contribution in [0.2, 0.25) is 0 Å². The Morgan fingerprint density at radius 2 is 2.18 bits per heavy atom. The van der Waals surface area contributed by atoms with Crippen LogP contribution in [0.4, 0.5) is 0 Å². The summed E-state index contributed by atoms with van der Waals surface area (Å²) in [5, 5.41) is 10.4. The molecule has 0 aliphatic carbocycles. The number of carbonyl (C=O) groups excluding carboxylic acids is 1. The highest BCUT2D eigenvalue weighted by Crippen LogP contribution is 2.08. The summed E-state index contributed by atoms with van der Waals surface area (Å²) in [5.74, 6) is -0.0582. The summed E-state index contributed by atoms with van der Waals surface area (Å²) in [6.07, 6.45) is 3.08. The summed E-state index contributed by atoms with van der Waals surface area (Å²) in [4.78, 5) is 18.5. The van der Waals surface area contributed by atoms with Crippen molar-refractivity contribution in [1.29, 1.82) is 0 Å². The summed E-state index contributed by atoms with van der Waals surface area (Å²) in [6, 6.07) is 7.36. The first-order chi connectivity index (χ1) is 10.8. The molecule has 0 spiro atoms. The molecular weight excluding hydrogens is 280 g/mol. The van der Waals surface area contributed by atoms with Crippen LogP contribution < -0.4 is 10.6 Å². The Hall–Kier alpha value is -2.25. The van der Waals surface area contributed by atoms with Crippen molar-refractivity contribution in [2.75, 3.05) is 39.3 Å². The second-order valence-corrected chi connectivity index (χ2v) is 5.24. The Kier molecular flexibility index (Phi) is 4.77. The molecule has 0 saturated carbocycles. The van der Waals surface area contributed by atoms with E-state index in [4.69, 9.17) is 0 Å². The summed E-state index contributed by atoms with van der Waals surface area (Å²) in [7, 11) is 0.